The molecular weight excluding hydrogens is 204 g/mol. The molecule has 0 spiro atoms. The zero-order valence-electron chi connectivity index (χ0n) is 8.38. The number of hydrogen-bond acceptors (Lipinski definition) is 6. The molecule has 6 nitrogen and oxygen atoms in total. The number of esters is 1. The van der Waals surface area contributed by atoms with Crippen LogP contribution in [0.1, 0.15) is 13.3 Å². The Labute approximate surface area is 86.8 Å². The van der Waals surface area contributed by atoms with Crippen LogP contribution in [-0.2, 0) is 19.1 Å². The second-order valence-corrected chi connectivity index (χ2v) is 3.29. The van der Waals surface area contributed by atoms with E-state index in [9.17, 15) is 19.8 Å². The number of carbonyl (C=O) groups is 2. The van der Waals surface area contributed by atoms with Gasteiger partial charge in [0.2, 0.25) is 0 Å². The zero-order valence-corrected chi connectivity index (χ0v) is 8.38. The maximum Gasteiger partial charge on any atom is 0.305 e. The highest BCUT2D eigenvalue weighted by molar-refractivity contribution is 5.85. The number of ether oxygens (including phenoxy) is 2. The molecule has 1 aliphatic heterocycles. The van der Waals surface area contributed by atoms with Crippen molar-refractivity contribution < 1.29 is 29.3 Å². The summed E-state index contributed by atoms with van der Waals surface area (Å²) < 4.78 is 9.67. The number of hydrogen-bond donors (Lipinski definition) is 2. The predicted molar refractivity (Wildman–Crippen MR) is 48.0 cm³/mol. The SMILES string of the molecule is CCC(=O)OCC1OCC(=O)[C@@H](O)[C@H]1O. The Hall–Kier alpha value is -0.980. The molecular formula is C9H14O6. The Morgan fingerprint density at radius 1 is 1.60 bits per heavy atom. The lowest BCUT2D eigenvalue weighted by molar-refractivity contribution is -0.177. The second-order valence-electron chi connectivity index (χ2n) is 3.29. The van der Waals surface area contributed by atoms with E-state index in [4.69, 9.17) is 9.47 Å². The molecule has 0 aromatic carbocycles. The van der Waals surface area contributed by atoms with Gasteiger partial charge in [-0.05, 0) is 0 Å². The van der Waals surface area contributed by atoms with Crippen molar-refractivity contribution in [1.29, 1.82) is 0 Å². The van der Waals surface area contributed by atoms with Crippen molar-refractivity contribution in [3.63, 3.8) is 0 Å². The van der Waals surface area contributed by atoms with E-state index in [-0.39, 0.29) is 19.6 Å². The van der Waals surface area contributed by atoms with Gasteiger partial charge in [0.05, 0.1) is 0 Å². The van der Waals surface area contributed by atoms with Crippen molar-refractivity contribution in [2.75, 3.05) is 13.2 Å². The fourth-order valence-electron chi connectivity index (χ4n) is 1.19. The van der Waals surface area contributed by atoms with Crippen molar-refractivity contribution in [1.82, 2.24) is 0 Å². The van der Waals surface area contributed by atoms with Gasteiger partial charge in [-0.1, -0.05) is 6.92 Å². The molecule has 1 rings (SSSR count). The largest absolute Gasteiger partial charge is 0.463 e. The highest BCUT2D eigenvalue weighted by Gasteiger charge is 2.37. The molecule has 0 bridgehead atoms. The summed E-state index contributed by atoms with van der Waals surface area (Å²) in [6.07, 6.45) is -3.40. The maximum atomic E-state index is 10.9. The molecule has 2 N–H and O–H groups in total. The number of carbonyl (C=O) groups excluding carboxylic acids is 2. The average molecular weight is 218 g/mol. The molecule has 1 aliphatic rings. The smallest absolute Gasteiger partial charge is 0.305 e. The van der Waals surface area contributed by atoms with E-state index in [1.54, 1.807) is 6.92 Å². The van der Waals surface area contributed by atoms with Crippen LogP contribution in [0.25, 0.3) is 0 Å². The van der Waals surface area contributed by atoms with Gasteiger partial charge in [-0.15, -0.1) is 0 Å². The first-order valence-corrected chi connectivity index (χ1v) is 4.72. The van der Waals surface area contributed by atoms with Crippen LogP contribution in [0.15, 0.2) is 0 Å². The predicted octanol–water partition coefficient (Wildman–Crippen LogP) is -1.37. The Bertz CT molecular complexity index is 251. The fourth-order valence-corrected chi connectivity index (χ4v) is 1.19. The molecule has 0 aromatic heterocycles. The standard InChI is InChI=1S/C9H14O6/c1-2-7(11)15-4-6-9(13)8(12)5(10)3-14-6/h6,8-9,12-13H,2-4H2,1H3/t6?,8-,9+/m1/s1. The van der Waals surface area contributed by atoms with Crippen LogP contribution in [0.5, 0.6) is 0 Å². The molecule has 0 saturated carbocycles. The van der Waals surface area contributed by atoms with Crippen LogP contribution < -0.4 is 0 Å². The summed E-state index contributed by atoms with van der Waals surface area (Å²) in [4.78, 5) is 21.7. The van der Waals surface area contributed by atoms with Crippen molar-refractivity contribution in [2.45, 2.75) is 31.7 Å². The van der Waals surface area contributed by atoms with Crippen LogP contribution in [0.2, 0.25) is 0 Å². The minimum atomic E-state index is -1.45. The Morgan fingerprint density at radius 3 is 2.87 bits per heavy atom. The van der Waals surface area contributed by atoms with Crippen molar-refractivity contribution in [3.05, 3.63) is 0 Å². The van der Waals surface area contributed by atoms with Crippen LogP contribution in [0.4, 0.5) is 0 Å². The minimum Gasteiger partial charge on any atom is -0.463 e. The average Bonchev–Trinajstić information content (AvgIpc) is 2.24. The molecule has 0 aromatic rings. The van der Waals surface area contributed by atoms with E-state index in [0.717, 1.165) is 0 Å². The molecule has 1 saturated heterocycles. The topological polar surface area (TPSA) is 93.1 Å². The highest BCUT2D eigenvalue weighted by atomic mass is 16.6. The number of aliphatic hydroxyl groups is 2. The number of rotatable bonds is 3. The third kappa shape index (κ3) is 2.98. The van der Waals surface area contributed by atoms with Gasteiger partial charge in [-0.25, -0.2) is 0 Å². The van der Waals surface area contributed by atoms with Gasteiger partial charge in [-0.3, -0.25) is 9.59 Å². The molecule has 1 unspecified atom stereocenters. The molecule has 6 heteroatoms. The van der Waals surface area contributed by atoms with E-state index in [0.29, 0.717) is 0 Å². The summed E-state index contributed by atoms with van der Waals surface area (Å²) in [6.45, 7) is 1.21. The first kappa shape index (κ1) is 12.1. The Balaban J connectivity index is 2.42. The fraction of sp³-hybridized carbons (Fsp3) is 0.778. The van der Waals surface area contributed by atoms with Crippen LogP contribution in [0, 0.1) is 0 Å². The lowest BCUT2D eigenvalue weighted by atomic mass is 10.0. The lowest BCUT2D eigenvalue weighted by Gasteiger charge is -2.30. The minimum absolute atomic E-state index is 0.155. The first-order chi connectivity index (χ1) is 7.06. The number of aliphatic hydroxyl groups excluding tert-OH is 2. The summed E-state index contributed by atoms with van der Waals surface area (Å²) in [5.41, 5.74) is 0. The quantitative estimate of drug-likeness (QED) is 0.568. The van der Waals surface area contributed by atoms with Gasteiger partial charge in [0, 0.05) is 6.42 Å². The summed E-state index contributed by atoms with van der Waals surface area (Å²) in [5.74, 6) is -0.988. The molecule has 0 amide bonds. The third-order valence-corrected chi connectivity index (χ3v) is 2.17. The van der Waals surface area contributed by atoms with Gasteiger partial charge in [0.25, 0.3) is 0 Å². The molecule has 86 valence electrons. The Morgan fingerprint density at radius 2 is 2.27 bits per heavy atom. The van der Waals surface area contributed by atoms with E-state index in [1.165, 1.54) is 0 Å². The summed E-state index contributed by atoms with van der Waals surface area (Å²) in [6, 6.07) is 0. The molecule has 1 heterocycles. The molecule has 0 radical (unpaired) electrons. The Kier molecular flexibility index (Phi) is 4.19. The van der Waals surface area contributed by atoms with Gasteiger partial charge in [0.15, 0.2) is 5.78 Å². The molecule has 3 atom stereocenters. The van der Waals surface area contributed by atoms with Crippen LogP contribution >= 0.6 is 0 Å². The second kappa shape index (κ2) is 5.20. The lowest BCUT2D eigenvalue weighted by Crippen LogP contribution is -2.52. The highest BCUT2D eigenvalue weighted by Crippen LogP contribution is 2.12. The summed E-state index contributed by atoms with van der Waals surface area (Å²) in [7, 11) is 0. The molecule has 0 aliphatic carbocycles. The van der Waals surface area contributed by atoms with Gasteiger partial charge in [-0.2, -0.15) is 0 Å². The summed E-state index contributed by atoms with van der Waals surface area (Å²) in [5, 5.41) is 18.6. The van der Waals surface area contributed by atoms with Crippen LogP contribution in [0.3, 0.4) is 0 Å². The number of Topliss-reactive ketones (excluding diaryl/α,β-unsaturated/α-hetero) is 1. The van der Waals surface area contributed by atoms with Crippen molar-refractivity contribution in [3.8, 4) is 0 Å². The maximum absolute atomic E-state index is 10.9. The first-order valence-electron chi connectivity index (χ1n) is 4.72. The van der Waals surface area contributed by atoms with E-state index in [1.807, 2.05) is 0 Å². The monoisotopic (exact) mass is 218 g/mol. The van der Waals surface area contributed by atoms with Gasteiger partial charge in [0.1, 0.15) is 31.5 Å². The van der Waals surface area contributed by atoms with Gasteiger partial charge >= 0.3 is 5.97 Å². The zero-order chi connectivity index (χ0) is 11.4. The van der Waals surface area contributed by atoms with Crippen molar-refractivity contribution >= 4 is 11.8 Å². The summed E-state index contributed by atoms with van der Waals surface area (Å²) >= 11 is 0. The van der Waals surface area contributed by atoms with E-state index < -0.39 is 30.1 Å². The normalized spacial score (nSPS) is 31.4. The van der Waals surface area contributed by atoms with E-state index in [2.05, 4.69) is 0 Å². The van der Waals surface area contributed by atoms with Gasteiger partial charge < -0.3 is 19.7 Å². The third-order valence-electron chi connectivity index (χ3n) is 2.17. The number of ketones is 1. The van der Waals surface area contributed by atoms with Crippen molar-refractivity contribution in [2.24, 2.45) is 0 Å². The molecule has 1 fully saturated rings. The van der Waals surface area contributed by atoms with E-state index >= 15 is 0 Å². The van der Waals surface area contributed by atoms with Crippen LogP contribution in [-0.4, -0.2) is 53.5 Å². The molecule has 15 heavy (non-hydrogen) atoms.